The van der Waals surface area contributed by atoms with Gasteiger partial charge in [0.25, 0.3) is 0 Å². The fourth-order valence-corrected chi connectivity index (χ4v) is 2.08. The summed E-state index contributed by atoms with van der Waals surface area (Å²) in [6.45, 7) is 0. The van der Waals surface area contributed by atoms with Gasteiger partial charge in [-0.3, -0.25) is 0 Å². The van der Waals surface area contributed by atoms with Crippen LogP contribution in [0.2, 0.25) is 0 Å². The maximum atomic E-state index is 11.5. The molecule has 0 saturated heterocycles. The van der Waals surface area contributed by atoms with Crippen molar-refractivity contribution in [1.29, 1.82) is 0 Å². The Balaban J connectivity index is 2.33. The lowest BCUT2D eigenvalue weighted by Gasteiger charge is -2.13. The van der Waals surface area contributed by atoms with Gasteiger partial charge in [-0.2, -0.15) is 0 Å². The Hall–Kier alpha value is -2.07. The molecule has 0 heterocycles. The molecule has 0 aromatic heterocycles. The number of hydrogen-bond donors (Lipinski definition) is 1. The number of phenols is 1. The maximum Gasteiger partial charge on any atom is 0.335 e. The van der Waals surface area contributed by atoms with Crippen molar-refractivity contribution in [2.24, 2.45) is 0 Å². The van der Waals surface area contributed by atoms with E-state index in [2.05, 4.69) is 4.74 Å². The Morgan fingerprint density at radius 1 is 1.26 bits per heavy atom. The van der Waals surface area contributed by atoms with Gasteiger partial charge in [0.15, 0.2) is 6.10 Å². The first-order valence-electron chi connectivity index (χ1n) is 5.97. The van der Waals surface area contributed by atoms with E-state index in [1.54, 1.807) is 6.07 Å². The Labute approximate surface area is 111 Å². The van der Waals surface area contributed by atoms with E-state index in [4.69, 9.17) is 4.74 Å². The molecule has 0 aliphatic rings. The molecule has 0 radical (unpaired) electrons. The molecule has 2 aromatic rings. The predicted molar refractivity (Wildman–Crippen MR) is 72.1 cm³/mol. The number of carbonyl (C=O) groups is 1. The standard InChI is InChI=1S/C15H16O4/c1-18-14(15(17)19-2)9-10-7-11-5-3-4-6-12(11)13(16)8-10/h3-8,14,16H,9H2,1-2H3. The fraction of sp³-hybridized carbons (Fsp3) is 0.267. The average Bonchev–Trinajstić information content (AvgIpc) is 2.44. The second-order valence-corrected chi connectivity index (χ2v) is 4.29. The summed E-state index contributed by atoms with van der Waals surface area (Å²) >= 11 is 0. The number of carbonyl (C=O) groups excluding carboxylic acids is 1. The van der Waals surface area contributed by atoms with Gasteiger partial charge in [-0.05, 0) is 17.0 Å². The van der Waals surface area contributed by atoms with Crippen LogP contribution >= 0.6 is 0 Å². The molecule has 4 nitrogen and oxygen atoms in total. The normalized spacial score (nSPS) is 12.3. The number of methoxy groups -OCH3 is 2. The number of benzene rings is 2. The smallest absolute Gasteiger partial charge is 0.335 e. The van der Waals surface area contributed by atoms with Gasteiger partial charge < -0.3 is 14.6 Å². The quantitative estimate of drug-likeness (QED) is 0.857. The van der Waals surface area contributed by atoms with Crippen molar-refractivity contribution >= 4 is 16.7 Å². The molecule has 100 valence electrons. The molecule has 0 aliphatic heterocycles. The summed E-state index contributed by atoms with van der Waals surface area (Å²) in [6.07, 6.45) is -0.299. The van der Waals surface area contributed by atoms with Gasteiger partial charge in [0, 0.05) is 18.9 Å². The van der Waals surface area contributed by atoms with Crippen molar-refractivity contribution in [1.82, 2.24) is 0 Å². The molecule has 2 aromatic carbocycles. The number of ether oxygens (including phenoxy) is 2. The Morgan fingerprint density at radius 3 is 2.68 bits per heavy atom. The second kappa shape index (κ2) is 5.71. The summed E-state index contributed by atoms with van der Waals surface area (Å²) in [6, 6.07) is 11.1. The summed E-state index contributed by atoms with van der Waals surface area (Å²) < 4.78 is 9.77. The third-order valence-electron chi connectivity index (χ3n) is 3.07. The zero-order valence-electron chi connectivity index (χ0n) is 10.9. The molecule has 1 N–H and O–H groups in total. The van der Waals surface area contributed by atoms with E-state index in [1.807, 2.05) is 30.3 Å². The van der Waals surface area contributed by atoms with Crippen LogP contribution in [-0.2, 0) is 20.7 Å². The van der Waals surface area contributed by atoms with Crippen LogP contribution < -0.4 is 0 Å². The molecule has 0 saturated carbocycles. The summed E-state index contributed by atoms with van der Waals surface area (Å²) in [5.74, 6) is -0.219. The monoisotopic (exact) mass is 260 g/mol. The van der Waals surface area contributed by atoms with E-state index in [1.165, 1.54) is 14.2 Å². The minimum Gasteiger partial charge on any atom is -0.507 e. The molecule has 0 aliphatic carbocycles. The van der Waals surface area contributed by atoms with Crippen LogP contribution in [-0.4, -0.2) is 31.4 Å². The first-order valence-corrected chi connectivity index (χ1v) is 5.97. The van der Waals surface area contributed by atoms with Crippen molar-refractivity contribution in [2.45, 2.75) is 12.5 Å². The summed E-state index contributed by atoms with van der Waals surface area (Å²) in [5.41, 5.74) is 0.827. The number of fused-ring (bicyclic) bond motifs is 1. The SMILES string of the molecule is COC(=O)C(Cc1cc(O)c2ccccc2c1)OC. The summed E-state index contributed by atoms with van der Waals surface area (Å²) in [5, 5.41) is 11.7. The topological polar surface area (TPSA) is 55.8 Å². The first-order chi connectivity index (χ1) is 9.15. The first kappa shape index (κ1) is 13.4. The van der Waals surface area contributed by atoms with E-state index in [-0.39, 0.29) is 5.75 Å². The fourth-order valence-electron chi connectivity index (χ4n) is 2.08. The highest BCUT2D eigenvalue weighted by Crippen LogP contribution is 2.27. The second-order valence-electron chi connectivity index (χ2n) is 4.29. The number of aromatic hydroxyl groups is 1. The highest BCUT2D eigenvalue weighted by atomic mass is 16.6. The molecule has 1 unspecified atom stereocenters. The molecule has 0 bridgehead atoms. The van der Waals surface area contributed by atoms with Crippen LogP contribution in [0.3, 0.4) is 0 Å². The number of phenolic OH excluding ortho intramolecular Hbond substituents is 1. The Morgan fingerprint density at radius 2 is 2.00 bits per heavy atom. The number of hydrogen-bond acceptors (Lipinski definition) is 4. The van der Waals surface area contributed by atoms with E-state index in [0.29, 0.717) is 6.42 Å². The zero-order valence-corrected chi connectivity index (χ0v) is 10.9. The average molecular weight is 260 g/mol. The lowest BCUT2D eigenvalue weighted by molar-refractivity contribution is -0.152. The van der Waals surface area contributed by atoms with Crippen LogP contribution in [0, 0.1) is 0 Å². The van der Waals surface area contributed by atoms with Gasteiger partial charge in [-0.25, -0.2) is 4.79 Å². The maximum absolute atomic E-state index is 11.5. The molecule has 0 fully saturated rings. The molecule has 19 heavy (non-hydrogen) atoms. The van der Waals surface area contributed by atoms with Gasteiger partial charge in [0.05, 0.1) is 7.11 Å². The van der Waals surface area contributed by atoms with Crippen molar-refractivity contribution < 1.29 is 19.4 Å². The van der Waals surface area contributed by atoms with Crippen LogP contribution in [0.1, 0.15) is 5.56 Å². The van der Waals surface area contributed by atoms with Gasteiger partial charge >= 0.3 is 5.97 Å². The van der Waals surface area contributed by atoms with Crippen molar-refractivity contribution in [3.05, 3.63) is 42.0 Å². The van der Waals surface area contributed by atoms with Gasteiger partial charge in [0.1, 0.15) is 5.75 Å². The third kappa shape index (κ3) is 2.85. The Bertz CT molecular complexity index is 592. The van der Waals surface area contributed by atoms with Gasteiger partial charge in [0.2, 0.25) is 0 Å². The highest BCUT2D eigenvalue weighted by Gasteiger charge is 2.19. The lowest BCUT2D eigenvalue weighted by atomic mass is 10.0. The Kier molecular flexibility index (Phi) is 4.02. The number of rotatable bonds is 4. The van der Waals surface area contributed by atoms with E-state index >= 15 is 0 Å². The molecular formula is C15H16O4. The third-order valence-corrected chi connectivity index (χ3v) is 3.07. The summed E-state index contributed by atoms with van der Waals surface area (Å²) in [4.78, 5) is 11.5. The molecular weight excluding hydrogens is 244 g/mol. The van der Waals surface area contributed by atoms with E-state index in [9.17, 15) is 9.90 Å². The van der Waals surface area contributed by atoms with Crippen molar-refractivity contribution in [3.63, 3.8) is 0 Å². The van der Waals surface area contributed by atoms with Crippen LogP contribution in [0.15, 0.2) is 36.4 Å². The molecule has 2 rings (SSSR count). The van der Waals surface area contributed by atoms with Crippen LogP contribution in [0.4, 0.5) is 0 Å². The number of esters is 1. The summed E-state index contributed by atoms with van der Waals surface area (Å²) in [7, 11) is 2.79. The van der Waals surface area contributed by atoms with Crippen molar-refractivity contribution in [3.8, 4) is 5.75 Å². The molecule has 0 amide bonds. The molecule has 1 atom stereocenters. The largest absolute Gasteiger partial charge is 0.507 e. The molecule has 4 heteroatoms. The van der Waals surface area contributed by atoms with Crippen molar-refractivity contribution in [2.75, 3.05) is 14.2 Å². The van der Waals surface area contributed by atoms with Gasteiger partial charge in [-0.15, -0.1) is 0 Å². The predicted octanol–water partition coefficient (Wildman–Crippen LogP) is 2.28. The minimum absolute atomic E-state index is 0.202. The minimum atomic E-state index is -0.662. The molecule has 0 spiro atoms. The van der Waals surface area contributed by atoms with E-state index in [0.717, 1.165) is 16.3 Å². The van der Waals surface area contributed by atoms with Crippen LogP contribution in [0.25, 0.3) is 10.8 Å². The van der Waals surface area contributed by atoms with Crippen LogP contribution in [0.5, 0.6) is 5.75 Å². The van der Waals surface area contributed by atoms with Gasteiger partial charge in [-0.1, -0.05) is 30.3 Å². The zero-order chi connectivity index (χ0) is 13.8. The van der Waals surface area contributed by atoms with E-state index < -0.39 is 12.1 Å². The highest BCUT2D eigenvalue weighted by molar-refractivity contribution is 5.88. The lowest BCUT2D eigenvalue weighted by Crippen LogP contribution is -2.26.